The van der Waals surface area contributed by atoms with E-state index in [-0.39, 0.29) is 12.7 Å². The van der Waals surface area contributed by atoms with Crippen LogP contribution in [0.4, 0.5) is 0 Å². The van der Waals surface area contributed by atoms with Gasteiger partial charge >= 0.3 is 0 Å². The summed E-state index contributed by atoms with van der Waals surface area (Å²) in [5, 5.41) is 4.23. The van der Waals surface area contributed by atoms with Crippen molar-refractivity contribution in [1.82, 2.24) is 5.43 Å². The van der Waals surface area contributed by atoms with Crippen molar-refractivity contribution in [2.75, 3.05) is 6.79 Å². The molecule has 22 heavy (non-hydrogen) atoms. The smallest absolute Gasteiger partial charge is 0.271 e. The molecule has 0 aromatic heterocycles. The zero-order chi connectivity index (χ0) is 15.4. The molecule has 1 heterocycles. The number of amides is 1. The number of carbonyl (C=O) groups is 1. The lowest BCUT2D eigenvalue weighted by molar-refractivity contribution is 0.0954. The van der Waals surface area contributed by atoms with E-state index in [2.05, 4.69) is 10.5 Å². The van der Waals surface area contributed by atoms with Gasteiger partial charge in [-0.2, -0.15) is 5.10 Å². The molecule has 0 atom stereocenters. The molecule has 2 aromatic carbocycles. The molecule has 2 aromatic rings. The van der Waals surface area contributed by atoms with Gasteiger partial charge in [-0.3, -0.25) is 4.79 Å². The monoisotopic (exact) mass is 296 g/mol. The summed E-state index contributed by atoms with van der Waals surface area (Å²) in [5.74, 6) is 0.953. The van der Waals surface area contributed by atoms with Crippen LogP contribution in [-0.2, 0) is 0 Å². The van der Waals surface area contributed by atoms with Gasteiger partial charge < -0.3 is 9.47 Å². The molecule has 0 spiro atoms. The van der Waals surface area contributed by atoms with Crippen molar-refractivity contribution < 1.29 is 14.3 Å². The van der Waals surface area contributed by atoms with Gasteiger partial charge in [0.15, 0.2) is 11.5 Å². The minimum Gasteiger partial charge on any atom is -0.454 e. The largest absolute Gasteiger partial charge is 0.454 e. The third kappa shape index (κ3) is 2.93. The van der Waals surface area contributed by atoms with E-state index >= 15 is 0 Å². The molecule has 1 amide bonds. The number of nitrogens with zero attached hydrogens (tertiary/aromatic N) is 1. The number of benzene rings is 2. The van der Waals surface area contributed by atoms with Gasteiger partial charge in [-0.25, -0.2) is 5.43 Å². The summed E-state index contributed by atoms with van der Waals surface area (Å²) in [6.45, 7) is 2.19. The number of fused-ring (bicyclic) bond motifs is 1. The molecule has 1 aliphatic rings. The van der Waals surface area contributed by atoms with Gasteiger partial charge in [0, 0.05) is 5.56 Å². The molecule has 1 aliphatic heterocycles. The fourth-order valence-corrected chi connectivity index (χ4v) is 2.20. The molecule has 0 saturated heterocycles. The van der Waals surface area contributed by atoms with Crippen molar-refractivity contribution in [3.8, 4) is 11.5 Å². The molecular weight excluding hydrogens is 280 g/mol. The Balaban J connectivity index is 1.75. The van der Waals surface area contributed by atoms with Crippen LogP contribution in [0.3, 0.4) is 0 Å². The van der Waals surface area contributed by atoms with E-state index in [1.165, 1.54) is 0 Å². The van der Waals surface area contributed by atoms with Crippen molar-refractivity contribution in [2.24, 2.45) is 5.10 Å². The van der Waals surface area contributed by atoms with Crippen LogP contribution in [0.2, 0.25) is 0 Å². The first-order valence-electron chi connectivity index (χ1n) is 7.10. The minimum atomic E-state index is -0.278. The highest BCUT2D eigenvalue weighted by atomic mass is 16.7. The van der Waals surface area contributed by atoms with Gasteiger partial charge in [0.25, 0.3) is 5.91 Å². The SMILES string of the molecule is CC/C(=N/NC(=O)c1ccc2c(c1)OCO2)c1ccccc1. The maximum atomic E-state index is 12.2. The van der Waals surface area contributed by atoms with Gasteiger partial charge in [0.1, 0.15) is 0 Å². The lowest BCUT2D eigenvalue weighted by atomic mass is 10.1. The summed E-state index contributed by atoms with van der Waals surface area (Å²) in [5.41, 5.74) is 4.90. The summed E-state index contributed by atoms with van der Waals surface area (Å²) in [6.07, 6.45) is 0.728. The Morgan fingerprint density at radius 2 is 1.86 bits per heavy atom. The lowest BCUT2D eigenvalue weighted by Crippen LogP contribution is -2.19. The number of nitrogens with one attached hydrogen (secondary N) is 1. The van der Waals surface area contributed by atoms with E-state index in [0.29, 0.717) is 17.1 Å². The number of rotatable bonds is 4. The van der Waals surface area contributed by atoms with Crippen LogP contribution < -0.4 is 14.9 Å². The normalized spacial score (nSPS) is 13.0. The predicted molar refractivity (Wildman–Crippen MR) is 83.3 cm³/mol. The van der Waals surface area contributed by atoms with Crippen LogP contribution in [0, 0.1) is 0 Å². The van der Waals surface area contributed by atoms with Crippen molar-refractivity contribution in [3.05, 3.63) is 59.7 Å². The van der Waals surface area contributed by atoms with E-state index in [1.807, 2.05) is 37.3 Å². The Labute approximate surface area is 128 Å². The molecule has 0 saturated carbocycles. The molecule has 5 heteroatoms. The van der Waals surface area contributed by atoms with Crippen molar-refractivity contribution in [2.45, 2.75) is 13.3 Å². The second kappa shape index (κ2) is 6.30. The zero-order valence-electron chi connectivity index (χ0n) is 12.2. The third-order valence-corrected chi connectivity index (χ3v) is 3.37. The van der Waals surface area contributed by atoms with E-state index in [0.717, 1.165) is 17.7 Å². The Hall–Kier alpha value is -2.82. The third-order valence-electron chi connectivity index (χ3n) is 3.37. The highest BCUT2D eigenvalue weighted by Gasteiger charge is 2.16. The minimum absolute atomic E-state index is 0.187. The van der Waals surface area contributed by atoms with E-state index < -0.39 is 0 Å². The lowest BCUT2D eigenvalue weighted by Gasteiger charge is -2.05. The Morgan fingerprint density at radius 3 is 2.64 bits per heavy atom. The fourth-order valence-electron chi connectivity index (χ4n) is 2.20. The Morgan fingerprint density at radius 1 is 1.09 bits per heavy atom. The molecule has 112 valence electrons. The second-order valence-electron chi connectivity index (χ2n) is 4.79. The van der Waals surface area contributed by atoms with Gasteiger partial charge in [0.2, 0.25) is 6.79 Å². The number of hydrazone groups is 1. The van der Waals surface area contributed by atoms with Crippen molar-refractivity contribution in [3.63, 3.8) is 0 Å². The van der Waals surface area contributed by atoms with Crippen LogP contribution in [0.1, 0.15) is 29.3 Å². The van der Waals surface area contributed by atoms with Crippen LogP contribution in [0.25, 0.3) is 0 Å². The first-order chi connectivity index (χ1) is 10.8. The van der Waals surface area contributed by atoms with Crippen molar-refractivity contribution >= 4 is 11.6 Å². The topological polar surface area (TPSA) is 59.9 Å². The number of hydrogen-bond acceptors (Lipinski definition) is 4. The molecule has 1 N–H and O–H groups in total. The number of ether oxygens (including phenoxy) is 2. The quantitative estimate of drug-likeness (QED) is 0.697. The molecule has 0 bridgehead atoms. The summed E-state index contributed by atoms with van der Waals surface area (Å²) < 4.78 is 10.5. The maximum absolute atomic E-state index is 12.2. The van der Waals surface area contributed by atoms with E-state index in [1.54, 1.807) is 18.2 Å². The number of carbonyl (C=O) groups excluding carboxylic acids is 1. The van der Waals surface area contributed by atoms with Crippen LogP contribution in [0.15, 0.2) is 53.6 Å². The second-order valence-corrected chi connectivity index (χ2v) is 4.79. The Kier molecular flexibility index (Phi) is 4.05. The van der Waals surface area contributed by atoms with Gasteiger partial charge in [-0.05, 0) is 30.2 Å². The van der Waals surface area contributed by atoms with Crippen LogP contribution in [0.5, 0.6) is 11.5 Å². The molecule has 0 aliphatic carbocycles. The standard InChI is InChI=1S/C17H16N2O3/c1-2-14(12-6-4-3-5-7-12)18-19-17(20)13-8-9-15-16(10-13)22-11-21-15/h3-10H,2,11H2,1H3,(H,19,20)/b18-14-. The molecule has 0 unspecified atom stereocenters. The van der Waals surface area contributed by atoms with Crippen LogP contribution in [-0.4, -0.2) is 18.4 Å². The zero-order valence-corrected chi connectivity index (χ0v) is 12.2. The van der Waals surface area contributed by atoms with Crippen LogP contribution >= 0.6 is 0 Å². The molecule has 3 rings (SSSR count). The summed E-state index contributed by atoms with van der Waals surface area (Å²) in [4.78, 5) is 12.2. The summed E-state index contributed by atoms with van der Waals surface area (Å²) >= 11 is 0. The molecule has 0 fully saturated rings. The first kappa shape index (κ1) is 14.1. The number of hydrogen-bond donors (Lipinski definition) is 1. The average molecular weight is 296 g/mol. The van der Waals surface area contributed by atoms with Crippen molar-refractivity contribution in [1.29, 1.82) is 0 Å². The predicted octanol–water partition coefficient (Wildman–Crippen LogP) is 2.96. The fraction of sp³-hybridized carbons (Fsp3) is 0.176. The van der Waals surface area contributed by atoms with E-state index in [4.69, 9.17) is 9.47 Å². The highest BCUT2D eigenvalue weighted by Crippen LogP contribution is 2.32. The van der Waals surface area contributed by atoms with Gasteiger partial charge in [0.05, 0.1) is 5.71 Å². The summed E-state index contributed by atoms with van der Waals surface area (Å²) in [6, 6.07) is 14.8. The highest BCUT2D eigenvalue weighted by molar-refractivity contribution is 6.02. The maximum Gasteiger partial charge on any atom is 0.271 e. The van der Waals surface area contributed by atoms with Gasteiger partial charge in [-0.1, -0.05) is 37.3 Å². The average Bonchev–Trinajstić information content (AvgIpc) is 3.03. The Bertz CT molecular complexity index is 711. The first-order valence-corrected chi connectivity index (χ1v) is 7.10. The molecule has 0 radical (unpaired) electrons. The molecular formula is C17H16N2O3. The molecule has 5 nitrogen and oxygen atoms in total. The summed E-state index contributed by atoms with van der Waals surface area (Å²) in [7, 11) is 0. The van der Waals surface area contributed by atoms with E-state index in [9.17, 15) is 4.79 Å². The van der Waals surface area contributed by atoms with Gasteiger partial charge in [-0.15, -0.1) is 0 Å².